The van der Waals surface area contributed by atoms with Crippen molar-refractivity contribution in [2.24, 2.45) is 5.41 Å². The van der Waals surface area contributed by atoms with Crippen LogP contribution in [0.2, 0.25) is 0 Å². The summed E-state index contributed by atoms with van der Waals surface area (Å²) in [5.41, 5.74) is 0.521. The van der Waals surface area contributed by atoms with Crippen LogP contribution in [0, 0.1) is 5.41 Å². The standard InChI is InChI=1S/C24H25NO7/c1-24(2)14-30-22(27)20(24)31-19-13-18(15-9-11-17(29-3)12-10-15)25(23(28)32-19)21(26)16-7-5-4-6-8-16/h4-12,18-20H,13-14H2,1-3H3/t18-,19-,20+/m1/s1. The van der Waals surface area contributed by atoms with Gasteiger partial charge in [-0.05, 0) is 29.8 Å². The maximum atomic E-state index is 13.2. The van der Waals surface area contributed by atoms with Crippen molar-refractivity contribution in [3.63, 3.8) is 0 Å². The largest absolute Gasteiger partial charge is 0.497 e. The van der Waals surface area contributed by atoms with E-state index in [0.717, 1.165) is 4.90 Å². The summed E-state index contributed by atoms with van der Waals surface area (Å²) in [4.78, 5) is 39.5. The highest BCUT2D eigenvalue weighted by Gasteiger charge is 2.49. The Morgan fingerprint density at radius 3 is 2.34 bits per heavy atom. The average Bonchev–Trinajstić information content (AvgIpc) is 3.06. The van der Waals surface area contributed by atoms with E-state index in [-0.39, 0.29) is 13.0 Å². The zero-order valence-electron chi connectivity index (χ0n) is 18.1. The maximum Gasteiger partial charge on any atom is 0.419 e. The monoisotopic (exact) mass is 439 g/mol. The molecule has 0 radical (unpaired) electrons. The normalized spacial score (nSPS) is 24.6. The third-order valence-corrected chi connectivity index (χ3v) is 5.69. The van der Waals surface area contributed by atoms with Gasteiger partial charge >= 0.3 is 12.1 Å². The molecule has 8 nitrogen and oxygen atoms in total. The number of imide groups is 1. The molecule has 8 heteroatoms. The van der Waals surface area contributed by atoms with Crippen LogP contribution < -0.4 is 4.74 Å². The minimum Gasteiger partial charge on any atom is -0.497 e. The van der Waals surface area contributed by atoms with Crippen LogP contribution in [0.1, 0.15) is 42.2 Å². The molecule has 0 aliphatic carbocycles. The number of hydrogen-bond acceptors (Lipinski definition) is 7. The van der Waals surface area contributed by atoms with Crippen LogP contribution in [-0.4, -0.2) is 49.0 Å². The molecular formula is C24H25NO7. The fourth-order valence-electron chi connectivity index (χ4n) is 3.89. The molecule has 0 bridgehead atoms. The third kappa shape index (κ3) is 4.18. The number of cyclic esters (lactones) is 2. The first-order valence-corrected chi connectivity index (χ1v) is 10.4. The average molecular weight is 439 g/mol. The lowest BCUT2D eigenvalue weighted by Gasteiger charge is -2.38. The van der Waals surface area contributed by atoms with Gasteiger partial charge in [-0.2, -0.15) is 0 Å². The molecule has 2 amide bonds. The molecule has 32 heavy (non-hydrogen) atoms. The number of carbonyl (C=O) groups excluding carboxylic acids is 3. The Hall–Kier alpha value is -3.39. The molecule has 2 heterocycles. The zero-order chi connectivity index (χ0) is 22.9. The van der Waals surface area contributed by atoms with Gasteiger partial charge < -0.3 is 18.9 Å². The highest BCUT2D eigenvalue weighted by molar-refractivity contribution is 6.03. The first-order valence-electron chi connectivity index (χ1n) is 10.4. The van der Waals surface area contributed by atoms with Crippen molar-refractivity contribution in [1.29, 1.82) is 0 Å². The molecule has 2 aliphatic heterocycles. The first kappa shape index (κ1) is 21.8. The van der Waals surface area contributed by atoms with Crippen LogP contribution in [-0.2, 0) is 19.0 Å². The summed E-state index contributed by atoms with van der Waals surface area (Å²) < 4.78 is 21.7. The third-order valence-electron chi connectivity index (χ3n) is 5.69. The van der Waals surface area contributed by atoms with Gasteiger partial charge in [-0.3, -0.25) is 4.79 Å². The van der Waals surface area contributed by atoms with Gasteiger partial charge in [-0.1, -0.05) is 44.2 Å². The summed E-state index contributed by atoms with van der Waals surface area (Å²) in [6, 6.07) is 15.0. The maximum absolute atomic E-state index is 13.2. The second-order valence-corrected chi connectivity index (χ2v) is 8.49. The first-order chi connectivity index (χ1) is 15.3. The Balaban J connectivity index is 1.64. The number of ether oxygens (including phenoxy) is 4. The Labute approximate surface area is 186 Å². The summed E-state index contributed by atoms with van der Waals surface area (Å²) in [6.07, 6.45) is -2.55. The smallest absolute Gasteiger partial charge is 0.419 e. The number of benzene rings is 2. The van der Waals surface area contributed by atoms with Gasteiger partial charge in [0, 0.05) is 17.4 Å². The van der Waals surface area contributed by atoms with Crippen molar-refractivity contribution in [3.05, 3.63) is 65.7 Å². The van der Waals surface area contributed by atoms with E-state index in [9.17, 15) is 14.4 Å². The fraction of sp³-hybridized carbons (Fsp3) is 0.375. The van der Waals surface area contributed by atoms with E-state index in [1.54, 1.807) is 61.7 Å². The van der Waals surface area contributed by atoms with E-state index in [1.807, 2.05) is 13.8 Å². The van der Waals surface area contributed by atoms with Gasteiger partial charge in [-0.25, -0.2) is 14.5 Å². The fourth-order valence-corrected chi connectivity index (χ4v) is 3.89. The summed E-state index contributed by atoms with van der Waals surface area (Å²) in [7, 11) is 1.56. The second kappa shape index (κ2) is 8.63. The molecule has 0 unspecified atom stereocenters. The summed E-state index contributed by atoms with van der Waals surface area (Å²) in [6.45, 7) is 3.91. The van der Waals surface area contributed by atoms with E-state index in [0.29, 0.717) is 16.9 Å². The molecule has 0 spiro atoms. The van der Waals surface area contributed by atoms with Crippen LogP contribution in [0.3, 0.4) is 0 Å². The quantitative estimate of drug-likeness (QED) is 0.656. The Morgan fingerprint density at radius 1 is 1.06 bits per heavy atom. The molecule has 0 N–H and O–H groups in total. The number of esters is 1. The van der Waals surface area contributed by atoms with E-state index in [1.165, 1.54) is 0 Å². The molecule has 3 atom stereocenters. The summed E-state index contributed by atoms with van der Waals surface area (Å²) >= 11 is 0. The number of hydrogen-bond donors (Lipinski definition) is 0. The summed E-state index contributed by atoms with van der Waals surface area (Å²) in [5.74, 6) is -0.318. The molecule has 2 aromatic carbocycles. The van der Waals surface area contributed by atoms with Crippen LogP contribution in [0.25, 0.3) is 0 Å². The number of nitrogens with zero attached hydrogens (tertiary/aromatic N) is 1. The van der Waals surface area contributed by atoms with Crippen molar-refractivity contribution in [2.75, 3.05) is 13.7 Å². The number of amides is 2. The minimum absolute atomic E-state index is 0.163. The topological polar surface area (TPSA) is 91.4 Å². The predicted octanol–water partition coefficient (Wildman–Crippen LogP) is 3.71. The molecular weight excluding hydrogens is 414 g/mol. The van der Waals surface area contributed by atoms with Gasteiger partial charge in [-0.15, -0.1) is 0 Å². The number of rotatable bonds is 5. The number of methoxy groups -OCH3 is 1. The lowest BCUT2D eigenvalue weighted by Crippen LogP contribution is -2.50. The van der Waals surface area contributed by atoms with Gasteiger partial charge in [0.15, 0.2) is 6.10 Å². The predicted molar refractivity (Wildman–Crippen MR) is 113 cm³/mol. The summed E-state index contributed by atoms with van der Waals surface area (Å²) in [5, 5.41) is 0. The molecule has 4 rings (SSSR count). The van der Waals surface area contributed by atoms with E-state index in [2.05, 4.69) is 0 Å². The van der Waals surface area contributed by atoms with Crippen molar-refractivity contribution in [2.45, 2.75) is 38.7 Å². The van der Waals surface area contributed by atoms with Crippen molar-refractivity contribution in [1.82, 2.24) is 4.90 Å². The van der Waals surface area contributed by atoms with Crippen LogP contribution in [0.4, 0.5) is 4.79 Å². The molecule has 2 fully saturated rings. The van der Waals surface area contributed by atoms with Gasteiger partial charge in [0.2, 0.25) is 6.29 Å². The number of carbonyl (C=O) groups is 3. The van der Waals surface area contributed by atoms with Gasteiger partial charge in [0.1, 0.15) is 5.75 Å². The molecule has 2 aliphatic rings. The molecule has 0 aromatic heterocycles. The molecule has 2 aromatic rings. The Morgan fingerprint density at radius 2 is 1.75 bits per heavy atom. The zero-order valence-corrected chi connectivity index (χ0v) is 18.1. The van der Waals surface area contributed by atoms with E-state index in [4.69, 9.17) is 18.9 Å². The van der Waals surface area contributed by atoms with Crippen molar-refractivity contribution in [3.8, 4) is 5.75 Å². The Bertz CT molecular complexity index is 1000. The molecule has 0 saturated carbocycles. The highest BCUT2D eigenvalue weighted by Crippen LogP contribution is 2.38. The highest BCUT2D eigenvalue weighted by atomic mass is 16.7. The van der Waals surface area contributed by atoms with Crippen LogP contribution >= 0.6 is 0 Å². The van der Waals surface area contributed by atoms with Crippen molar-refractivity contribution >= 4 is 18.0 Å². The van der Waals surface area contributed by atoms with Gasteiger partial charge in [0.25, 0.3) is 5.91 Å². The van der Waals surface area contributed by atoms with Gasteiger partial charge in [0.05, 0.1) is 19.8 Å². The molecule has 168 valence electrons. The molecule has 2 saturated heterocycles. The lowest BCUT2D eigenvalue weighted by atomic mass is 9.89. The van der Waals surface area contributed by atoms with E-state index >= 15 is 0 Å². The Kier molecular flexibility index (Phi) is 5.88. The van der Waals surface area contributed by atoms with Crippen LogP contribution in [0.15, 0.2) is 54.6 Å². The minimum atomic E-state index is -1.01. The van der Waals surface area contributed by atoms with Crippen LogP contribution in [0.5, 0.6) is 5.75 Å². The van der Waals surface area contributed by atoms with Crippen molar-refractivity contribution < 1.29 is 33.3 Å². The SMILES string of the molecule is COc1ccc([C@H]2C[C@H](O[C@H]3C(=O)OCC3(C)C)OC(=O)N2C(=O)c2ccccc2)cc1. The second-order valence-electron chi connectivity index (χ2n) is 8.49. The lowest BCUT2D eigenvalue weighted by molar-refractivity contribution is -0.191. The van der Waals surface area contributed by atoms with E-state index < -0.39 is 41.8 Å².